The molecule has 30 heavy (non-hydrogen) atoms. The van der Waals surface area contributed by atoms with Crippen molar-refractivity contribution < 1.29 is 32.4 Å². The third kappa shape index (κ3) is 5.91. The topological polar surface area (TPSA) is 154 Å². The molecule has 2 N–H and O–H groups in total. The van der Waals surface area contributed by atoms with E-state index in [1.807, 2.05) is 0 Å². The fraction of sp³-hybridized carbons (Fsp3) is 0.222. The van der Waals surface area contributed by atoms with E-state index in [1.54, 1.807) is 0 Å². The molecule has 0 bridgehead atoms. The number of methoxy groups -OCH3 is 2. The lowest BCUT2D eigenvalue weighted by Gasteiger charge is -2.12. The summed E-state index contributed by atoms with van der Waals surface area (Å²) in [6, 6.07) is 9.16. The van der Waals surface area contributed by atoms with E-state index in [1.165, 1.54) is 44.6 Å². The zero-order valence-electron chi connectivity index (χ0n) is 16.1. The zero-order valence-corrected chi connectivity index (χ0v) is 16.9. The van der Waals surface area contributed by atoms with Gasteiger partial charge < -0.3 is 14.8 Å². The highest BCUT2D eigenvalue weighted by atomic mass is 32.2. The SMILES string of the molecule is COC(=O)CNC(=O)Cc1ccc(NS(=O)(=O)c2cc([N+](=O)[O-])ccc2OC)cc1. The van der Waals surface area contributed by atoms with Gasteiger partial charge in [0.25, 0.3) is 15.7 Å². The van der Waals surface area contributed by atoms with E-state index in [0.717, 1.165) is 12.1 Å². The quantitative estimate of drug-likeness (QED) is 0.337. The van der Waals surface area contributed by atoms with E-state index in [-0.39, 0.29) is 29.3 Å². The van der Waals surface area contributed by atoms with Gasteiger partial charge in [-0.3, -0.25) is 24.4 Å². The smallest absolute Gasteiger partial charge is 0.325 e. The second kappa shape index (κ2) is 9.69. The van der Waals surface area contributed by atoms with Gasteiger partial charge in [-0.05, 0) is 23.8 Å². The number of esters is 1. The van der Waals surface area contributed by atoms with E-state index in [2.05, 4.69) is 14.8 Å². The molecule has 0 aliphatic carbocycles. The van der Waals surface area contributed by atoms with Gasteiger partial charge in [-0.15, -0.1) is 0 Å². The first-order valence-corrected chi connectivity index (χ1v) is 9.92. The number of rotatable bonds is 9. The van der Waals surface area contributed by atoms with Gasteiger partial charge in [-0.25, -0.2) is 8.42 Å². The molecule has 12 heteroatoms. The summed E-state index contributed by atoms with van der Waals surface area (Å²) in [7, 11) is -1.72. The van der Waals surface area contributed by atoms with E-state index >= 15 is 0 Å². The number of carbonyl (C=O) groups excluding carboxylic acids is 2. The lowest BCUT2D eigenvalue weighted by molar-refractivity contribution is -0.385. The molecular formula is C18H19N3O8S. The molecule has 0 heterocycles. The Hall–Kier alpha value is -3.67. The number of amides is 1. The van der Waals surface area contributed by atoms with Crippen molar-refractivity contribution in [2.75, 3.05) is 25.5 Å². The van der Waals surface area contributed by atoms with Crippen LogP contribution in [-0.2, 0) is 30.8 Å². The number of anilines is 1. The highest BCUT2D eigenvalue weighted by Gasteiger charge is 2.23. The molecule has 1 amide bonds. The largest absolute Gasteiger partial charge is 0.495 e. The van der Waals surface area contributed by atoms with Crippen LogP contribution in [0.5, 0.6) is 5.75 Å². The number of ether oxygens (including phenoxy) is 2. The summed E-state index contributed by atoms with van der Waals surface area (Å²) in [6.07, 6.45) is -0.0251. The van der Waals surface area contributed by atoms with E-state index in [9.17, 15) is 28.1 Å². The van der Waals surface area contributed by atoms with Crippen molar-refractivity contribution in [3.05, 3.63) is 58.1 Å². The minimum atomic E-state index is -4.18. The highest BCUT2D eigenvalue weighted by molar-refractivity contribution is 7.92. The number of hydrogen-bond donors (Lipinski definition) is 2. The minimum absolute atomic E-state index is 0.0251. The van der Waals surface area contributed by atoms with Gasteiger partial charge >= 0.3 is 5.97 Å². The normalized spacial score (nSPS) is 10.7. The van der Waals surface area contributed by atoms with Crippen LogP contribution in [0.25, 0.3) is 0 Å². The Bertz CT molecular complexity index is 1050. The van der Waals surface area contributed by atoms with Gasteiger partial charge in [-0.2, -0.15) is 0 Å². The number of nitrogens with one attached hydrogen (secondary N) is 2. The van der Waals surface area contributed by atoms with Crippen molar-refractivity contribution >= 4 is 33.3 Å². The molecule has 0 aliphatic rings. The van der Waals surface area contributed by atoms with Crippen LogP contribution in [0, 0.1) is 10.1 Å². The van der Waals surface area contributed by atoms with Crippen LogP contribution in [0.15, 0.2) is 47.4 Å². The van der Waals surface area contributed by atoms with Gasteiger partial charge in [0, 0.05) is 17.8 Å². The summed E-state index contributed by atoms with van der Waals surface area (Å²) >= 11 is 0. The fourth-order valence-corrected chi connectivity index (χ4v) is 3.63. The first-order chi connectivity index (χ1) is 14.2. The summed E-state index contributed by atoms with van der Waals surface area (Å²) in [6.45, 7) is -0.252. The van der Waals surface area contributed by atoms with Crippen molar-refractivity contribution in [1.29, 1.82) is 0 Å². The molecule has 0 radical (unpaired) electrons. The summed E-state index contributed by atoms with van der Waals surface area (Å²) < 4.78 is 37.1. The molecule has 11 nitrogen and oxygen atoms in total. The number of carbonyl (C=O) groups is 2. The van der Waals surface area contributed by atoms with Crippen LogP contribution in [0.1, 0.15) is 5.56 Å². The summed E-state index contributed by atoms with van der Waals surface area (Å²) in [5, 5.41) is 13.3. The number of benzene rings is 2. The van der Waals surface area contributed by atoms with Crippen molar-refractivity contribution in [2.24, 2.45) is 0 Å². The van der Waals surface area contributed by atoms with Crippen LogP contribution in [-0.4, -0.2) is 46.0 Å². The third-order valence-electron chi connectivity index (χ3n) is 3.88. The Balaban J connectivity index is 2.13. The number of sulfonamides is 1. The van der Waals surface area contributed by atoms with Gasteiger partial charge in [-0.1, -0.05) is 12.1 Å². The minimum Gasteiger partial charge on any atom is -0.495 e. The Morgan fingerprint density at radius 2 is 1.77 bits per heavy atom. The standard InChI is InChI=1S/C18H19N3O8S/c1-28-15-8-7-14(21(24)25)10-16(15)30(26,27)20-13-5-3-12(4-6-13)9-17(22)19-11-18(23)29-2/h3-8,10,20H,9,11H2,1-2H3,(H,19,22). The lowest BCUT2D eigenvalue weighted by atomic mass is 10.1. The monoisotopic (exact) mass is 437 g/mol. The molecule has 2 rings (SSSR count). The molecule has 2 aromatic rings. The first kappa shape index (κ1) is 22.6. The maximum absolute atomic E-state index is 12.7. The van der Waals surface area contributed by atoms with Crippen LogP contribution < -0.4 is 14.8 Å². The predicted molar refractivity (Wildman–Crippen MR) is 106 cm³/mol. The number of nitrogens with zero attached hydrogens (tertiary/aromatic N) is 1. The van der Waals surface area contributed by atoms with Gasteiger partial charge in [0.2, 0.25) is 5.91 Å². The molecule has 0 saturated carbocycles. The van der Waals surface area contributed by atoms with Crippen molar-refractivity contribution in [3.63, 3.8) is 0 Å². The van der Waals surface area contributed by atoms with Gasteiger partial charge in [0.1, 0.15) is 17.2 Å². The average molecular weight is 437 g/mol. The van der Waals surface area contributed by atoms with Crippen molar-refractivity contribution in [1.82, 2.24) is 5.32 Å². The number of non-ortho nitro benzene ring substituents is 1. The van der Waals surface area contributed by atoms with Gasteiger partial charge in [0.05, 0.1) is 25.6 Å². The Kier molecular flexibility index (Phi) is 7.31. The molecule has 0 unspecified atom stereocenters. The molecule has 0 saturated heterocycles. The molecule has 0 atom stereocenters. The first-order valence-electron chi connectivity index (χ1n) is 8.44. The third-order valence-corrected chi connectivity index (χ3v) is 5.28. The van der Waals surface area contributed by atoms with Crippen molar-refractivity contribution in [2.45, 2.75) is 11.3 Å². The summed E-state index contributed by atoms with van der Waals surface area (Å²) in [5.41, 5.74) is 0.361. The zero-order chi connectivity index (χ0) is 22.3. The average Bonchev–Trinajstić information content (AvgIpc) is 2.72. The molecule has 2 aromatic carbocycles. The van der Waals surface area contributed by atoms with Crippen LogP contribution in [0.4, 0.5) is 11.4 Å². The Morgan fingerprint density at radius 1 is 1.10 bits per heavy atom. The number of hydrogen-bond acceptors (Lipinski definition) is 8. The number of nitro benzene ring substituents is 1. The molecule has 160 valence electrons. The fourth-order valence-electron chi connectivity index (χ4n) is 2.38. The molecule has 0 spiro atoms. The maximum atomic E-state index is 12.7. The maximum Gasteiger partial charge on any atom is 0.325 e. The van der Waals surface area contributed by atoms with Crippen molar-refractivity contribution in [3.8, 4) is 5.75 Å². The summed E-state index contributed by atoms with van der Waals surface area (Å²) in [4.78, 5) is 32.7. The molecular weight excluding hydrogens is 418 g/mol. The Labute approximate surface area is 172 Å². The second-order valence-corrected chi connectivity index (χ2v) is 7.58. The van der Waals surface area contributed by atoms with E-state index < -0.39 is 32.5 Å². The lowest BCUT2D eigenvalue weighted by Crippen LogP contribution is -2.31. The van der Waals surface area contributed by atoms with Crippen LogP contribution in [0.3, 0.4) is 0 Å². The highest BCUT2D eigenvalue weighted by Crippen LogP contribution is 2.29. The van der Waals surface area contributed by atoms with E-state index in [0.29, 0.717) is 5.56 Å². The number of nitro groups is 1. The second-order valence-electron chi connectivity index (χ2n) is 5.92. The summed E-state index contributed by atoms with van der Waals surface area (Å²) in [5.74, 6) is -1.04. The van der Waals surface area contributed by atoms with Crippen LogP contribution in [0.2, 0.25) is 0 Å². The van der Waals surface area contributed by atoms with Gasteiger partial charge in [0.15, 0.2) is 0 Å². The predicted octanol–water partition coefficient (Wildman–Crippen LogP) is 1.24. The molecule has 0 aliphatic heterocycles. The van der Waals surface area contributed by atoms with Crippen LogP contribution >= 0.6 is 0 Å². The van der Waals surface area contributed by atoms with E-state index in [4.69, 9.17) is 4.74 Å². The Morgan fingerprint density at radius 3 is 2.33 bits per heavy atom. The molecule has 0 fully saturated rings. The molecule has 0 aromatic heterocycles.